The lowest BCUT2D eigenvalue weighted by Gasteiger charge is -2.00. The smallest absolute Gasteiger partial charge is 0.339 e. The second kappa shape index (κ2) is 2.51. The molecule has 3 N–H and O–H groups in total. The van der Waals surface area contributed by atoms with Crippen LogP contribution in [0.25, 0.3) is 0 Å². The van der Waals surface area contributed by atoms with Gasteiger partial charge in [-0.3, -0.25) is 9.78 Å². The molecule has 6 nitrogen and oxygen atoms in total. The molecule has 1 aliphatic heterocycles. The van der Waals surface area contributed by atoms with E-state index in [4.69, 9.17) is 0 Å². The lowest BCUT2D eigenvalue weighted by atomic mass is 10.5. The normalized spacial score (nSPS) is 13.4. The zero-order chi connectivity index (χ0) is 8.72. The molecule has 0 spiro atoms. The third-order valence-corrected chi connectivity index (χ3v) is 2.50. The Bertz CT molecular complexity index is 434. The predicted octanol–water partition coefficient (Wildman–Crippen LogP) is -0.470. The summed E-state index contributed by atoms with van der Waals surface area (Å²) < 4.78 is 1.33. The Morgan fingerprint density at radius 2 is 2.08 bits per heavy atom. The molecular formula is C5H5IN4O2. The van der Waals surface area contributed by atoms with Gasteiger partial charge in [0.1, 0.15) is 5.69 Å². The molecule has 0 saturated heterocycles. The Morgan fingerprint density at radius 3 is 2.83 bits per heavy atom. The van der Waals surface area contributed by atoms with Crippen LogP contribution < -0.4 is 21.9 Å². The SMILES string of the molecule is O=c1[nH]c(=O)n(I)c2c1NCN2. The van der Waals surface area contributed by atoms with Crippen molar-refractivity contribution in [1.29, 1.82) is 0 Å². The number of aromatic amines is 1. The molecule has 1 aliphatic rings. The summed E-state index contributed by atoms with van der Waals surface area (Å²) in [5.74, 6) is 0.532. The van der Waals surface area contributed by atoms with E-state index in [1.165, 1.54) is 2.78 Å². The summed E-state index contributed by atoms with van der Waals surface area (Å²) in [5, 5.41) is 5.69. The van der Waals surface area contributed by atoms with Crippen LogP contribution in [-0.4, -0.2) is 14.4 Å². The number of nitrogens with one attached hydrogen (secondary N) is 3. The molecule has 2 rings (SSSR count). The molecule has 0 amide bonds. The van der Waals surface area contributed by atoms with Crippen molar-refractivity contribution in [3.8, 4) is 0 Å². The lowest BCUT2D eigenvalue weighted by molar-refractivity contribution is 1.03. The highest BCUT2D eigenvalue weighted by atomic mass is 127. The average Bonchev–Trinajstić information content (AvgIpc) is 2.48. The largest absolute Gasteiger partial charge is 0.360 e. The van der Waals surface area contributed by atoms with Gasteiger partial charge >= 0.3 is 5.69 Å². The maximum absolute atomic E-state index is 11.1. The first-order valence-corrected chi connectivity index (χ1v) is 4.20. The van der Waals surface area contributed by atoms with Crippen molar-refractivity contribution < 1.29 is 0 Å². The van der Waals surface area contributed by atoms with Gasteiger partial charge in [-0.2, -0.15) is 0 Å². The van der Waals surface area contributed by atoms with Crippen molar-refractivity contribution in [3.05, 3.63) is 20.8 Å². The molecule has 7 heteroatoms. The van der Waals surface area contributed by atoms with Crippen LogP contribution in [0, 0.1) is 0 Å². The first-order valence-electron chi connectivity index (χ1n) is 3.23. The minimum atomic E-state index is -0.421. The summed E-state index contributed by atoms with van der Waals surface area (Å²) in [4.78, 5) is 24.3. The van der Waals surface area contributed by atoms with Crippen LogP contribution >= 0.6 is 22.9 Å². The van der Waals surface area contributed by atoms with Gasteiger partial charge in [-0.05, 0) is 0 Å². The summed E-state index contributed by atoms with van der Waals surface area (Å²) in [6, 6.07) is 0. The summed E-state index contributed by atoms with van der Waals surface area (Å²) in [6.45, 7) is 0.477. The Labute approximate surface area is 80.5 Å². The standard InChI is InChI=1S/C5H5IN4O2/c6-10-3-2(7-1-8-3)4(11)9-5(10)12/h7-8H,1H2,(H,9,11,12). The summed E-state index contributed by atoms with van der Waals surface area (Å²) in [5.41, 5.74) is -0.382. The molecule has 64 valence electrons. The first kappa shape index (κ1) is 7.65. The number of rotatable bonds is 0. The van der Waals surface area contributed by atoms with E-state index in [-0.39, 0.29) is 5.56 Å². The number of aromatic nitrogens is 2. The fraction of sp³-hybridized carbons (Fsp3) is 0.200. The van der Waals surface area contributed by atoms with E-state index in [0.29, 0.717) is 18.2 Å². The Morgan fingerprint density at radius 1 is 1.33 bits per heavy atom. The van der Waals surface area contributed by atoms with Crippen molar-refractivity contribution in [2.75, 3.05) is 17.3 Å². The second-order valence-corrected chi connectivity index (χ2v) is 3.26. The number of hydrogen-bond donors (Lipinski definition) is 3. The van der Waals surface area contributed by atoms with Crippen molar-refractivity contribution >= 4 is 34.4 Å². The topological polar surface area (TPSA) is 78.9 Å². The highest BCUT2D eigenvalue weighted by Gasteiger charge is 2.17. The van der Waals surface area contributed by atoms with Crippen LogP contribution in [0.2, 0.25) is 0 Å². The predicted molar refractivity (Wildman–Crippen MR) is 52.9 cm³/mol. The van der Waals surface area contributed by atoms with Gasteiger partial charge < -0.3 is 10.6 Å². The Balaban J connectivity index is 2.87. The number of fused-ring (bicyclic) bond motifs is 1. The van der Waals surface area contributed by atoms with Crippen molar-refractivity contribution in [2.24, 2.45) is 0 Å². The number of nitrogens with zero attached hydrogens (tertiary/aromatic N) is 1. The lowest BCUT2D eigenvalue weighted by Crippen LogP contribution is -2.26. The van der Waals surface area contributed by atoms with Crippen LogP contribution in [-0.2, 0) is 0 Å². The van der Waals surface area contributed by atoms with Gasteiger partial charge in [-0.1, -0.05) is 0 Å². The third kappa shape index (κ3) is 0.924. The molecule has 0 atom stereocenters. The molecule has 1 aromatic rings. The average molecular weight is 280 g/mol. The maximum Gasteiger partial charge on any atom is 0.339 e. The van der Waals surface area contributed by atoms with Gasteiger partial charge in [-0.25, -0.2) is 7.58 Å². The molecule has 0 unspecified atom stereocenters. The van der Waals surface area contributed by atoms with Gasteiger partial charge in [0.05, 0.1) is 29.5 Å². The quantitative estimate of drug-likeness (QED) is 0.561. The summed E-state index contributed by atoms with van der Waals surface area (Å²) >= 11 is 1.82. The summed E-state index contributed by atoms with van der Waals surface area (Å²) in [6.07, 6.45) is 0. The molecule has 0 saturated carbocycles. The minimum absolute atomic E-state index is 0.382. The molecule has 1 aromatic heterocycles. The van der Waals surface area contributed by atoms with Gasteiger partial charge in [0, 0.05) is 0 Å². The number of anilines is 2. The Kier molecular flexibility index (Phi) is 1.60. The molecule has 0 bridgehead atoms. The van der Waals surface area contributed by atoms with Crippen LogP contribution in [0.1, 0.15) is 0 Å². The number of hydrogen-bond acceptors (Lipinski definition) is 4. The van der Waals surface area contributed by atoms with E-state index >= 15 is 0 Å². The third-order valence-electron chi connectivity index (χ3n) is 1.58. The number of halogens is 1. The maximum atomic E-state index is 11.1. The van der Waals surface area contributed by atoms with Gasteiger partial charge in [0.2, 0.25) is 0 Å². The van der Waals surface area contributed by atoms with E-state index in [1.54, 1.807) is 0 Å². The van der Waals surface area contributed by atoms with Crippen LogP contribution in [0.3, 0.4) is 0 Å². The van der Waals surface area contributed by atoms with Gasteiger partial charge in [0.15, 0.2) is 5.82 Å². The Hall–Kier alpha value is -0.990. The fourth-order valence-electron chi connectivity index (χ4n) is 1.05. The van der Waals surface area contributed by atoms with Crippen LogP contribution in [0.15, 0.2) is 9.59 Å². The highest BCUT2D eigenvalue weighted by Crippen LogP contribution is 2.20. The minimum Gasteiger partial charge on any atom is -0.360 e. The molecule has 0 radical (unpaired) electrons. The molecular weight excluding hydrogens is 275 g/mol. The van der Waals surface area contributed by atoms with Gasteiger partial charge in [-0.15, -0.1) is 0 Å². The molecule has 2 heterocycles. The van der Waals surface area contributed by atoms with E-state index in [9.17, 15) is 9.59 Å². The van der Waals surface area contributed by atoms with E-state index in [1.807, 2.05) is 22.9 Å². The fourth-order valence-corrected chi connectivity index (χ4v) is 1.59. The van der Waals surface area contributed by atoms with Crippen LogP contribution in [0.5, 0.6) is 0 Å². The van der Waals surface area contributed by atoms with E-state index in [2.05, 4.69) is 15.6 Å². The first-order chi connectivity index (χ1) is 5.70. The molecule has 0 aromatic carbocycles. The van der Waals surface area contributed by atoms with Gasteiger partial charge in [0.25, 0.3) is 5.56 Å². The van der Waals surface area contributed by atoms with Crippen molar-refractivity contribution in [1.82, 2.24) is 7.76 Å². The van der Waals surface area contributed by atoms with E-state index < -0.39 is 5.69 Å². The number of H-pyrrole nitrogens is 1. The molecule has 0 fully saturated rings. The molecule has 12 heavy (non-hydrogen) atoms. The van der Waals surface area contributed by atoms with Crippen LogP contribution in [0.4, 0.5) is 11.5 Å². The molecule has 0 aliphatic carbocycles. The highest BCUT2D eigenvalue weighted by molar-refractivity contribution is 14.1. The second-order valence-electron chi connectivity index (χ2n) is 2.29. The zero-order valence-corrected chi connectivity index (χ0v) is 8.01. The monoisotopic (exact) mass is 280 g/mol. The zero-order valence-electron chi connectivity index (χ0n) is 5.85. The van der Waals surface area contributed by atoms with Crippen molar-refractivity contribution in [3.63, 3.8) is 0 Å². The van der Waals surface area contributed by atoms with E-state index in [0.717, 1.165) is 0 Å². The van der Waals surface area contributed by atoms with Crippen molar-refractivity contribution in [2.45, 2.75) is 0 Å². The summed E-state index contributed by atoms with van der Waals surface area (Å²) in [7, 11) is 0.